The van der Waals surface area contributed by atoms with E-state index in [-0.39, 0.29) is 19.4 Å². The molecule has 0 saturated heterocycles. The van der Waals surface area contributed by atoms with Crippen LogP contribution in [0.3, 0.4) is 0 Å². The summed E-state index contributed by atoms with van der Waals surface area (Å²) in [4.78, 5) is 24.7. The van der Waals surface area contributed by atoms with Crippen molar-refractivity contribution in [1.82, 2.24) is 0 Å². The van der Waals surface area contributed by atoms with E-state index in [0.717, 1.165) is 5.56 Å². The van der Waals surface area contributed by atoms with Gasteiger partial charge < -0.3 is 14.2 Å². The van der Waals surface area contributed by atoms with Gasteiger partial charge in [-0.3, -0.25) is 9.59 Å². The molecule has 1 unspecified atom stereocenters. The van der Waals surface area contributed by atoms with Crippen molar-refractivity contribution in [1.29, 1.82) is 0 Å². The number of hydrogen-bond donors (Lipinski definition) is 0. The zero-order valence-corrected chi connectivity index (χ0v) is 15.5. The molecule has 0 spiro atoms. The van der Waals surface area contributed by atoms with Gasteiger partial charge in [0.1, 0.15) is 11.0 Å². The highest BCUT2D eigenvalue weighted by Gasteiger charge is 2.42. The lowest BCUT2D eigenvalue weighted by Crippen LogP contribution is -2.40. The Labute approximate surface area is 150 Å². The highest BCUT2D eigenvalue weighted by atomic mass is 16.6. The zero-order valence-electron chi connectivity index (χ0n) is 15.5. The molecular weight excluding hydrogens is 320 g/mol. The molecule has 0 radical (unpaired) electrons. The van der Waals surface area contributed by atoms with Crippen molar-refractivity contribution in [2.45, 2.75) is 45.8 Å². The van der Waals surface area contributed by atoms with Crippen LogP contribution in [0, 0.1) is 5.41 Å². The largest absolute Gasteiger partial charge is 0.469 e. The van der Waals surface area contributed by atoms with E-state index in [1.165, 1.54) is 7.11 Å². The number of benzene rings is 1. The lowest BCUT2D eigenvalue weighted by molar-refractivity contribution is -0.170. The Kier molecular flexibility index (Phi) is 7.84. The van der Waals surface area contributed by atoms with Crippen LogP contribution in [-0.4, -0.2) is 31.3 Å². The van der Waals surface area contributed by atoms with Gasteiger partial charge in [0.15, 0.2) is 0 Å². The molecule has 1 rings (SSSR count). The SMILES string of the molecule is C=CCC(COCc1ccccc1)(CC(=O)OC(C)(C)C)C(=O)OC. The third kappa shape index (κ3) is 7.10. The second-order valence-electron chi connectivity index (χ2n) is 7.01. The van der Waals surface area contributed by atoms with Crippen LogP contribution < -0.4 is 0 Å². The summed E-state index contributed by atoms with van der Waals surface area (Å²) in [6, 6.07) is 9.61. The van der Waals surface area contributed by atoms with Gasteiger partial charge in [0.2, 0.25) is 0 Å². The van der Waals surface area contributed by atoms with Gasteiger partial charge in [-0.05, 0) is 32.8 Å². The molecule has 1 aromatic carbocycles. The summed E-state index contributed by atoms with van der Waals surface area (Å²) in [5.41, 5.74) is -0.789. The van der Waals surface area contributed by atoms with Gasteiger partial charge in [-0.2, -0.15) is 0 Å². The van der Waals surface area contributed by atoms with Gasteiger partial charge in [-0.15, -0.1) is 6.58 Å². The summed E-state index contributed by atoms with van der Waals surface area (Å²) in [7, 11) is 1.30. The van der Waals surface area contributed by atoms with Crippen molar-refractivity contribution in [3.63, 3.8) is 0 Å². The fraction of sp³-hybridized carbons (Fsp3) is 0.500. The van der Waals surface area contributed by atoms with Crippen molar-refractivity contribution < 1.29 is 23.8 Å². The Morgan fingerprint density at radius 1 is 1.16 bits per heavy atom. The van der Waals surface area contributed by atoms with Crippen LogP contribution in [0.5, 0.6) is 0 Å². The van der Waals surface area contributed by atoms with E-state index in [0.29, 0.717) is 6.61 Å². The fourth-order valence-corrected chi connectivity index (χ4v) is 2.48. The molecule has 0 bridgehead atoms. The smallest absolute Gasteiger partial charge is 0.315 e. The van der Waals surface area contributed by atoms with Crippen molar-refractivity contribution >= 4 is 11.9 Å². The van der Waals surface area contributed by atoms with Crippen molar-refractivity contribution in [2.75, 3.05) is 13.7 Å². The molecule has 5 nitrogen and oxygen atoms in total. The highest BCUT2D eigenvalue weighted by molar-refractivity contribution is 5.84. The first-order chi connectivity index (χ1) is 11.7. The Balaban J connectivity index is 2.87. The number of carbonyl (C=O) groups excluding carboxylic acids is 2. The topological polar surface area (TPSA) is 61.8 Å². The molecule has 1 atom stereocenters. The number of hydrogen-bond acceptors (Lipinski definition) is 5. The molecule has 0 aromatic heterocycles. The van der Waals surface area contributed by atoms with Gasteiger partial charge >= 0.3 is 11.9 Å². The van der Waals surface area contributed by atoms with E-state index in [9.17, 15) is 9.59 Å². The van der Waals surface area contributed by atoms with Crippen LogP contribution in [-0.2, 0) is 30.4 Å². The summed E-state index contributed by atoms with van der Waals surface area (Å²) in [6.07, 6.45) is 1.72. The standard InChI is InChI=1S/C20H28O5/c1-6-12-20(18(22)23-5,13-17(21)25-19(2,3)4)15-24-14-16-10-8-7-9-11-16/h6-11H,1,12-15H2,2-5H3. The van der Waals surface area contributed by atoms with Crippen molar-refractivity contribution in [3.05, 3.63) is 48.6 Å². The lowest BCUT2D eigenvalue weighted by atomic mass is 9.81. The molecule has 0 aliphatic heterocycles. The van der Waals surface area contributed by atoms with E-state index < -0.39 is 23.0 Å². The number of allylic oxidation sites excluding steroid dienone is 1. The lowest BCUT2D eigenvalue weighted by Gasteiger charge is -2.30. The van der Waals surface area contributed by atoms with E-state index in [1.807, 2.05) is 30.3 Å². The Morgan fingerprint density at radius 2 is 1.80 bits per heavy atom. The van der Waals surface area contributed by atoms with Crippen LogP contribution in [0.25, 0.3) is 0 Å². The van der Waals surface area contributed by atoms with E-state index in [4.69, 9.17) is 14.2 Å². The van der Waals surface area contributed by atoms with Crippen LogP contribution >= 0.6 is 0 Å². The summed E-state index contributed by atoms with van der Waals surface area (Å²) in [5.74, 6) is -0.977. The average Bonchev–Trinajstić information content (AvgIpc) is 2.53. The Bertz CT molecular complexity index is 573. The molecule has 0 fully saturated rings. The molecule has 0 amide bonds. The zero-order chi connectivity index (χ0) is 18.9. The van der Waals surface area contributed by atoms with Crippen LogP contribution in [0.4, 0.5) is 0 Å². The molecule has 0 N–H and O–H groups in total. The van der Waals surface area contributed by atoms with Gasteiger partial charge in [0.05, 0.1) is 26.7 Å². The highest BCUT2D eigenvalue weighted by Crippen LogP contribution is 2.31. The fourth-order valence-electron chi connectivity index (χ4n) is 2.48. The van der Waals surface area contributed by atoms with Gasteiger partial charge in [0, 0.05) is 0 Å². The minimum Gasteiger partial charge on any atom is -0.469 e. The summed E-state index contributed by atoms with van der Waals surface area (Å²) < 4.78 is 16.0. The number of methoxy groups -OCH3 is 1. The number of ether oxygens (including phenoxy) is 3. The van der Waals surface area contributed by atoms with E-state index in [2.05, 4.69) is 6.58 Å². The second kappa shape index (κ2) is 9.37. The average molecular weight is 348 g/mol. The summed E-state index contributed by atoms with van der Waals surface area (Å²) >= 11 is 0. The Morgan fingerprint density at radius 3 is 2.32 bits per heavy atom. The van der Waals surface area contributed by atoms with E-state index >= 15 is 0 Å². The molecule has 0 aliphatic rings. The van der Waals surface area contributed by atoms with Crippen molar-refractivity contribution in [2.24, 2.45) is 5.41 Å². The Hall–Kier alpha value is -2.14. The summed E-state index contributed by atoms with van der Waals surface area (Å²) in [5, 5.41) is 0. The van der Waals surface area contributed by atoms with Crippen LogP contribution in [0.2, 0.25) is 0 Å². The molecule has 138 valence electrons. The number of rotatable bonds is 9. The number of carbonyl (C=O) groups is 2. The normalized spacial score (nSPS) is 13.6. The van der Waals surface area contributed by atoms with Gasteiger partial charge in [-0.25, -0.2) is 0 Å². The molecule has 0 heterocycles. The first-order valence-electron chi connectivity index (χ1n) is 8.25. The molecule has 5 heteroatoms. The molecule has 1 aromatic rings. The second-order valence-corrected chi connectivity index (χ2v) is 7.01. The predicted molar refractivity (Wildman–Crippen MR) is 95.8 cm³/mol. The first-order valence-corrected chi connectivity index (χ1v) is 8.25. The first kappa shape index (κ1) is 20.9. The minimum absolute atomic E-state index is 0.0415. The third-order valence-corrected chi connectivity index (χ3v) is 3.55. The molecule has 0 saturated carbocycles. The van der Waals surface area contributed by atoms with Crippen molar-refractivity contribution in [3.8, 4) is 0 Å². The number of esters is 2. The predicted octanol–water partition coefficient (Wildman–Crippen LogP) is 3.67. The maximum Gasteiger partial charge on any atom is 0.315 e. The summed E-state index contributed by atoms with van der Waals surface area (Å²) in [6.45, 7) is 9.42. The minimum atomic E-state index is -1.15. The molecule has 0 aliphatic carbocycles. The van der Waals surface area contributed by atoms with E-state index in [1.54, 1.807) is 26.8 Å². The van der Waals surface area contributed by atoms with Crippen LogP contribution in [0.1, 0.15) is 39.2 Å². The maximum atomic E-state index is 12.4. The maximum absolute atomic E-state index is 12.4. The molecule has 25 heavy (non-hydrogen) atoms. The van der Waals surface area contributed by atoms with Crippen LogP contribution in [0.15, 0.2) is 43.0 Å². The van der Waals surface area contributed by atoms with Gasteiger partial charge in [-0.1, -0.05) is 36.4 Å². The molecular formula is C20H28O5. The quantitative estimate of drug-likeness (QED) is 0.503. The third-order valence-electron chi connectivity index (χ3n) is 3.55. The monoisotopic (exact) mass is 348 g/mol. The van der Waals surface area contributed by atoms with Gasteiger partial charge in [0.25, 0.3) is 0 Å².